The molecule has 2 saturated heterocycles. The van der Waals surface area contributed by atoms with Crippen LogP contribution in [0.2, 0.25) is 0 Å². The van der Waals surface area contributed by atoms with Gasteiger partial charge in [-0.15, -0.1) is 0 Å². The number of rotatable bonds is 8. The van der Waals surface area contributed by atoms with E-state index in [0.29, 0.717) is 55.6 Å². The van der Waals surface area contributed by atoms with Gasteiger partial charge in [-0.3, -0.25) is 14.8 Å². The van der Waals surface area contributed by atoms with Crippen molar-refractivity contribution in [3.8, 4) is 6.01 Å². The number of ether oxygens (including phenoxy) is 3. The molecular formula is C26H32N6O4. The van der Waals surface area contributed by atoms with Gasteiger partial charge < -0.3 is 24.4 Å². The molecule has 2 aromatic rings. The summed E-state index contributed by atoms with van der Waals surface area (Å²) < 4.78 is 16.6. The number of amides is 1. The van der Waals surface area contributed by atoms with E-state index in [-0.39, 0.29) is 24.1 Å². The van der Waals surface area contributed by atoms with Crippen molar-refractivity contribution in [1.29, 1.82) is 0 Å². The number of nitrogens with one attached hydrogen (secondary N) is 1. The average molecular weight is 493 g/mol. The van der Waals surface area contributed by atoms with Crippen LogP contribution in [0.4, 0.5) is 5.82 Å². The van der Waals surface area contributed by atoms with Crippen molar-refractivity contribution in [3.05, 3.63) is 41.3 Å². The minimum atomic E-state index is -0.235. The molecule has 10 heteroatoms. The number of pyridine rings is 1. The first-order chi connectivity index (χ1) is 17.6. The first-order valence-corrected chi connectivity index (χ1v) is 12.8. The van der Waals surface area contributed by atoms with Gasteiger partial charge in [0.1, 0.15) is 17.6 Å². The van der Waals surface area contributed by atoms with Crippen LogP contribution in [-0.4, -0.2) is 78.7 Å². The van der Waals surface area contributed by atoms with Gasteiger partial charge in [-0.25, -0.2) is 0 Å². The maximum atomic E-state index is 13.1. The van der Waals surface area contributed by atoms with Crippen LogP contribution in [-0.2, 0) is 16.0 Å². The van der Waals surface area contributed by atoms with Crippen LogP contribution in [0.15, 0.2) is 29.4 Å². The fourth-order valence-electron chi connectivity index (χ4n) is 5.65. The maximum Gasteiger partial charge on any atom is 0.319 e. The zero-order valence-electron chi connectivity index (χ0n) is 20.7. The van der Waals surface area contributed by atoms with E-state index in [1.807, 2.05) is 19.2 Å². The van der Waals surface area contributed by atoms with E-state index in [9.17, 15) is 4.79 Å². The summed E-state index contributed by atoms with van der Waals surface area (Å²) in [5.74, 6) is 1.76. The number of carbonyl (C=O) groups is 1. The fourth-order valence-corrected chi connectivity index (χ4v) is 5.65. The zero-order valence-corrected chi connectivity index (χ0v) is 20.7. The molecule has 1 saturated carbocycles. The van der Waals surface area contributed by atoms with Crippen molar-refractivity contribution in [3.63, 3.8) is 0 Å². The predicted octanol–water partition coefficient (Wildman–Crippen LogP) is 1.88. The molecule has 10 nitrogen and oxygen atoms in total. The lowest BCUT2D eigenvalue weighted by Gasteiger charge is -2.33. The Bertz CT molecular complexity index is 1150. The van der Waals surface area contributed by atoms with Crippen LogP contribution in [0.25, 0.3) is 0 Å². The average Bonchev–Trinajstić information content (AvgIpc) is 3.23. The van der Waals surface area contributed by atoms with Crippen LogP contribution in [0.5, 0.6) is 6.01 Å². The lowest BCUT2D eigenvalue weighted by atomic mass is 9.88. The highest BCUT2D eigenvalue weighted by molar-refractivity contribution is 6.04. The summed E-state index contributed by atoms with van der Waals surface area (Å²) in [6.07, 6.45) is 3.51. The van der Waals surface area contributed by atoms with Gasteiger partial charge in [-0.1, -0.05) is 0 Å². The van der Waals surface area contributed by atoms with E-state index in [1.54, 1.807) is 13.2 Å². The highest BCUT2D eigenvalue weighted by atomic mass is 16.5. The first-order valence-electron chi connectivity index (χ1n) is 12.8. The number of hydrogen-bond acceptors (Lipinski definition) is 9. The van der Waals surface area contributed by atoms with E-state index in [4.69, 9.17) is 19.2 Å². The van der Waals surface area contributed by atoms with Gasteiger partial charge in [0.2, 0.25) is 0 Å². The molecule has 2 aromatic heterocycles. The van der Waals surface area contributed by atoms with Crippen molar-refractivity contribution >= 4 is 17.4 Å². The van der Waals surface area contributed by atoms with Crippen LogP contribution < -0.4 is 15.0 Å². The monoisotopic (exact) mass is 492 g/mol. The second-order valence-electron chi connectivity index (χ2n) is 10.1. The smallest absolute Gasteiger partial charge is 0.319 e. The Balaban J connectivity index is 1.17. The summed E-state index contributed by atoms with van der Waals surface area (Å²) in [4.78, 5) is 33.7. The summed E-state index contributed by atoms with van der Waals surface area (Å²) in [6.45, 7) is 6.03. The molecule has 3 aliphatic heterocycles. The van der Waals surface area contributed by atoms with E-state index >= 15 is 0 Å². The quantitative estimate of drug-likeness (QED) is 0.595. The molecule has 5 heterocycles. The Hall–Kier alpha value is -3.11. The zero-order chi connectivity index (χ0) is 24.6. The standard InChI is InChI=1S/C26H32N6O4/c1-15(12-34-2)36-26-29-20(25(33)31-24-18-13-35-14-19(18)24)10-22(30-26)32-8-5-16(6-9-32)23-17-4-3-7-27-21(17)11-28-23/h3-4,7,10,15-16,18-19,24H,5-6,8-9,11-14H2,1-2H3,(H,31,33)/t15-,18-,19+,24?/m1/s1. The summed E-state index contributed by atoms with van der Waals surface area (Å²) in [5.41, 5.74) is 3.76. The van der Waals surface area contributed by atoms with Gasteiger partial charge in [0.25, 0.3) is 5.91 Å². The number of aliphatic imine (C=N–C) groups is 1. The van der Waals surface area contributed by atoms with E-state index < -0.39 is 0 Å². The third-order valence-electron chi connectivity index (χ3n) is 7.65. The lowest BCUT2D eigenvalue weighted by molar-refractivity contribution is 0.0840. The molecule has 4 aliphatic rings. The number of fused-ring (bicyclic) bond motifs is 2. The molecule has 1 aliphatic carbocycles. The molecule has 1 N–H and O–H groups in total. The molecule has 1 unspecified atom stereocenters. The molecule has 36 heavy (non-hydrogen) atoms. The van der Waals surface area contributed by atoms with Crippen LogP contribution in [0.3, 0.4) is 0 Å². The number of nitrogens with zero attached hydrogens (tertiary/aromatic N) is 5. The van der Waals surface area contributed by atoms with E-state index in [0.717, 1.165) is 31.6 Å². The Morgan fingerprint density at radius 2 is 2.06 bits per heavy atom. The Kier molecular flexibility index (Phi) is 6.30. The van der Waals surface area contributed by atoms with E-state index in [2.05, 4.69) is 31.2 Å². The number of carbonyl (C=O) groups excluding carboxylic acids is 1. The lowest BCUT2D eigenvalue weighted by Crippen LogP contribution is -2.37. The molecule has 0 radical (unpaired) electrons. The first kappa shape index (κ1) is 23.3. The molecular weight excluding hydrogens is 460 g/mol. The number of methoxy groups -OCH3 is 1. The molecule has 0 bridgehead atoms. The third kappa shape index (κ3) is 4.55. The molecule has 0 aromatic carbocycles. The largest absolute Gasteiger partial charge is 0.458 e. The van der Waals surface area contributed by atoms with Crippen LogP contribution in [0, 0.1) is 17.8 Å². The summed E-state index contributed by atoms with van der Waals surface area (Å²) in [6, 6.07) is 6.26. The van der Waals surface area contributed by atoms with Crippen molar-refractivity contribution in [2.24, 2.45) is 22.7 Å². The second kappa shape index (κ2) is 9.74. The number of anilines is 1. The van der Waals surface area contributed by atoms with Gasteiger partial charge in [-0.2, -0.15) is 9.97 Å². The van der Waals surface area contributed by atoms with E-state index in [1.165, 1.54) is 11.3 Å². The van der Waals surface area contributed by atoms with Gasteiger partial charge >= 0.3 is 6.01 Å². The summed E-state index contributed by atoms with van der Waals surface area (Å²) >= 11 is 0. The highest BCUT2D eigenvalue weighted by Crippen LogP contribution is 2.44. The fraction of sp³-hybridized carbons (Fsp3) is 0.577. The minimum Gasteiger partial charge on any atom is -0.458 e. The van der Waals surface area contributed by atoms with Gasteiger partial charge in [-0.05, 0) is 31.9 Å². The normalized spacial score (nSPS) is 25.7. The van der Waals surface area contributed by atoms with Gasteiger partial charge in [0.15, 0.2) is 0 Å². The molecule has 6 rings (SSSR count). The molecule has 0 spiro atoms. The molecule has 1 amide bonds. The number of aromatic nitrogens is 3. The highest BCUT2D eigenvalue weighted by Gasteiger charge is 2.54. The number of hydrogen-bond donors (Lipinski definition) is 1. The van der Waals surface area contributed by atoms with Crippen LogP contribution in [0.1, 0.15) is 41.5 Å². The predicted molar refractivity (Wildman–Crippen MR) is 132 cm³/mol. The Labute approximate surface area is 210 Å². The van der Waals surface area contributed by atoms with Gasteiger partial charge in [0.05, 0.1) is 32.1 Å². The second-order valence-corrected chi connectivity index (χ2v) is 10.1. The number of piperidine rings is 1. The minimum absolute atomic E-state index is 0.168. The Morgan fingerprint density at radius 3 is 2.83 bits per heavy atom. The maximum absolute atomic E-state index is 13.1. The SMILES string of the molecule is COC[C@@H](C)Oc1nc(C(=O)NC2[C@H]3COC[C@@H]23)cc(N2CCC(C3=NCc4ncccc43)CC2)n1. The summed E-state index contributed by atoms with van der Waals surface area (Å²) in [5, 5.41) is 3.13. The third-order valence-corrected chi connectivity index (χ3v) is 7.65. The molecule has 3 fully saturated rings. The van der Waals surface area contributed by atoms with Gasteiger partial charge in [0, 0.05) is 67.5 Å². The molecule has 4 atom stereocenters. The Morgan fingerprint density at radius 1 is 1.25 bits per heavy atom. The summed E-state index contributed by atoms with van der Waals surface area (Å²) in [7, 11) is 1.62. The topological polar surface area (TPSA) is 111 Å². The van der Waals surface area contributed by atoms with Crippen molar-refractivity contribution < 1.29 is 19.0 Å². The van der Waals surface area contributed by atoms with Crippen LogP contribution >= 0.6 is 0 Å². The van der Waals surface area contributed by atoms with Crippen molar-refractivity contribution in [2.45, 2.75) is 38.5 Å². The molecule has 190 valence electrons. The van der Waals surface area contributed by atoms with Crippen molar-refractivity contribution in [1.82, 2.24) is 20.3 Å². The van der Waals surface area contributed by atoms with Crippen molar-refractivity contribution in [2.75, 3.05) is 44.9 Å².